The van der Waals surface area contributed by atoms with Gasteiger partial charge >= 0.3 is 12.1 Å². The molecule has 1 aromatic rings. The van der Waals surface area contributed by atoms with Crippen LogP contribution >= 0.6 is 0 Å². The molecule has 4 amide bonds. The number of β-amino-alcohol motifs (C(OH)–C–C–N with tert-alkyl or cyclic N) is 1. The lowest BCUT2D eigenvalue weighted by Crippen LogP contribution is -2.69. The number of rotatable bonds is 4. The van der Waals surface area contributed by atoms with E-state index in [1.54, 1.807) is 9.80 Å². The minimum atomic E-state index is -1.40. The Kier molecular flexibility index (Phi) is 5.85. The van der Waals surface area contributed by atoms with Crippen LogP contribution < -0.4 is 11.1 Å². The number of urea groups is 2. The third-order valence-corrected chi connectivity index (χ3v) is 5.37. The number of aliphatic hydroxyl groups is 1. The Labute approximate surface area is 164 Å². The van der Waals surface area contributed by atoms with Crippen LogP contribution in [0.2, 0.25) is 0 Å². The van der Waals surface area contributed by atoms with Crippen molar-refractivity contribution in [2.75, 3.05) is 39.3 Å². The van der Waals surface area contributed by atoms with Crippen LogP contribution in [-0.2, 0) is 17.9 Å². The van der Waals surface area contributed by atoms with Gasteiger partial charge in [-0.05, 0) is 18.1 Å². The van der Waals surface area contributed by atoms with E-state index in [1.807, 2.05) is 24.3 Å². The molecule has 152 valence electrons. The van der Waals surface area contributed by atoms with Crippen molar-refractivity contribution in [2.24, 2.45) is 5.73 Å². The molecule has 2 aliphatic rings. The van der Waals surface area contributed by atoms with Crippen LogP contribution in [0.3, 0.4) is 0 Å². The van der Waals surface area contributed by atoms with Gasteiger partial charge in [-0.1, -0.05) is 24.3 Å². The molecule has 0 bridgehead atoms. The van der Waals surface area contributed by atoms with Crippen molar-refractivity contribution >= 4 is 17.8 Å². The minimum Gasteiger partial charge on any atom is -0.378 e. The lowest BCUT2D eigenvalue weighted by molar-refractivity contribution is -0.150. The Hall–Kier alpha value is -2.65. The average molecular weight is 389 g/mol. The predicted molar refractivity (Wildman–Crippen MR) is 102 cm³/mol. The van der Waals surface area contributed by atoms with Gasteiger partial charge in [0, 0.05) is 39.3 Å². The summed E-state index contributed by atoms with van der Waals surface area (Å²) >= 11 is 0. The molecule has 2 heterocycles. The number of nitrogens with one attached hydrogen (secondary N) is 1. The first-order valence-electron chi connectivity index (χ1n) is 9.40. The number of Topliss-reactive ketones (excluding diaryl/α,β-unsaturated/α-hetero) is 1. The average Bonchev–Trinajstić information content (AvgIpc) is 2.69. The van der Waals surface area contributed by atoms with E-state index >= 15 is 0 Å². The topological polar surface area (TPSA) is 119 Å². The number of nitrogens with two attached hydrogens (primary N) is 1. The van der Waals surface area contributed by atoms with E-state index in [2.05, 4.69) is 5.32 Å². The van der Waals surface area contributed by atoms with Crippen molar-refractivity contribution in [1.82, 2.24) is 20.0 Å². The van der Waals surface area contributed by atoms with Crippen molar-refractivity contribution < 1.29 is 19.5 Å². The number of amides is 4. The molecule has 0 spiro atoms. The normalized spacial score (nSPS) is 18.5. The van der Waals surface area contributed by atoms with E-state index in [1.165, 1.54) is 11.8 Å². The number of carbonyl (C=O) groups is 3. The van der Waals surface area contributed by atoms with Gasteiger partial charge in [0.25, 0.3) is 0 Å². The molecule has 0 saturated carbocycles. The van der Waals surface area contributed by atoms with Crippen LogP contribution in [-0.4, -0.2) is 82.5 Å². The zero-order valence-corrected chi connectivity index (χ0v) is 16.1. The molecule has 0 aliphatic carbocycles. The van der Waals surface area contributed by atoms with Crippen molar-refractivity contribution in [1.29, 1.82) is 0 Å². The third-order valence-electron chi connectivity index (χ3n) is 5.37. The van der Waals surface area contributed by atoms with Gasteiger partial charge < -0.3 is 30.9 Å². The largest absolute Gasteiger partial charge is 0.378 e. The summed E-state index contributed by atoms with van der Waals surface area (Å²) in [6.07, 6.45) is 0. The monoisotopic (exact) mass is 389 g/mol. The second-order valence-electron chi connectivity index (χ2n) is 7.38. The molecule has 2 aliphatic heterocycles. The third kappa shape index (κ3) is 4.26. The highest BCUT2D eigenvalue weighted by molar-refractivity contribution is 5.89. The summed E-state index contributed by atoms with van der Waals surface area (Å²) in [5, 5.41) is 12.9. The first kappa shape index (κ1) is 20.1. The summed E-state index contributed by atoms with van der Waals surface area (Å²) in [4.78, 5) is 40.9. The maximum Gasteiger partial charge on any atom is 0.320 e. The highest BCUT2D eigenvalue weighted by atomic mass is 16.3. The van der Waals surface area contributed by atoms with Crippen molar-refractivity contribution in [3.63, 3.8) is 0 Å². The first-order valence-corrected chi connectivity index (χ1v) is 9.40. The van der Waals surface area contributed by atoms with Crippen LogP contribution in [0.15, 0.2) is 24.3 Å². The molecule has 2 fully saturated rings. The molecule has 9 heteroatoms. The number of hydrogen-bond acceptors (Lipinski definition) is 5. The van der Waals surface area contributed by atoms with Gasteiger partial charge in [0.1, 0.15) is 0 Å². The molecule has 1 aromatic carbocycles. The zero-order chi connectivity index (χ0) is 20.3. The van der Waals surface area contributed by atoms with E-state index in [-0.39, 0.29) is 30.9 Å². The summed E-state index contributed by atoms with van der Waals surface area (Å²) in [5.74, 6) is -0.323. The summed E-state index contributed by atoms with van der Waals surface area (Å²) in [5.41, 5.74) is 6.21. The molecule has 4 N–H and O–H groups in total. The van der Waals surface area contributed by atoms with E-state index < -0.39 is 5.60 Å². The summed E-state index contributed by atoms with van der Waals surface area (Å²) in [7, 11) is 0. The van der Waals surface area contributed by atoms with E-state index in [0.717, 1.165) is 11.1 Å². The summed E-state index contributed by atoms with van der Waals surface area (Å²) in [6, 6.07) is 7.39. The van der Waals surface area contributed by atoms with Crippen molar-refractivity contribution in [3.05, 3.63) is 35.4 Å². The van der Waals surface area contributed by atoms with E-state index in [4.69, 9.17) is 5.73 Å². The molecule has 0 radical (unpaired) electrons. The molecule has 3 rings (SSSR count). The van der Waals surface area contributed by atoms with Crippen molar-refractivity contribution in [3.8, 4) is 0 Å². The second kappa shape index (κ2) is 8.15. The van der Waals surface area contributed by atoms with Crippen LogP contribution in [0, 0.1) is 0 Å². The fourth-order valence-corrected chi connectivity index (χ4v) is 3.33. The molecule has 0 aromatic heterocycles. The zero-order valence-electron chi connectivity index (χ0n) is 16.1. The quantitative estimate of drug-likeness (QED) is 0.655. The molecular weight excluding hydrogens is 362 g/mol. The Morgan fingerprint density at radius 3 is 2.07 bits per heavy atom. The Bertz CT molecular complexity index is 737. The van der Waals surface area contributed by atoms with Crippen LogP contribution in [0.5, 0.6) is 0 Å². The van der Waals surface area contributed by atoms with E-state index in [9.17, 15) is 19.5 Å². The number of piperazine rings is 1. The van der Waals surface area contributed by atoms with Gasteiger partial charge in [0.2, 0.25) is 0 Å². The highest BCUT2D eigenvalue weighted by Crippen LogP contribution is 2.23. The van der Waals surface area contributed by atoms with Crippen LogP contribution in [0.4, 0.5) is 9.59 Å². The maximum atomic E-state index is 12.4. The predicted octanol–water partition coefficient (Wildman–Crippen LogP) is -0.272. The number of ketones is 1. The Balaban J connectivity index is 1.41. The Morgan fingerprint density at radius 1 is 1.00 bits per heavy atom. The van der Waals surface area contributed by atoms with Crippen LogP contribution in [0.1, 0.15) is 18.1 Å². The van der Waals surface area contributed by atoms with Gasteiger partial charge in [-0.15, -0.1) is 0 Å². The first-order chi connectivity index (χ1) is 13.3. The summed E-state index contributed by atoms with van der Waals surface area (Å²) < 4.78 is 0. The maximum absolute atomic E-state index is 12.4. The van der Waals surface area contributed by atoms with Gasteiger partial charge in [0.05, 0.1) is 13.1 Å². The molecule has 28 heavy (non-hydrogen) atoms. The fraction of sp³-hybridized carbons (Fsp3) is 0.526. The van der Waals surface area contributed by atoms with Crippen LogP contribution in [0.25, 0.3) is 0 Å². The molecule has 0 atom stereocenters. The fourth-order valence-electron chi connectivity index (χ4n) is 3.33. The number of likely N-dealkylation sites (tertiary alicyclic amines) is 1. The second-order valence-corrected chi connectivity index (χ2v) is 7.38. The lowest BCUT2D eigenvalue weighted by atomic mass is 9.90. The standard InChI is InChI=1S/C19H27N5O4/c1-14(25)19(28)12-24(13-19)18(27)23-8-6-22(7-9-23)17(26)21-11-16-4-2-15(10-20)3-5-16/h2-5,28H,6-13,20H2,1H3,(H,21,26). The number of nitrogens with zero attached hydrogens (tertiary/aromatic N) is 3. The highest BCUT2D eigenvalue weighted by Gasteiger charge is 2.48. The molecule has 0 unspecified atom stereocenters. The van der Waals surface area contributed by atoms with E-state index in [0.29, 0.717) is 39.3 Å². The minimum absolute atomic E-state index is 0.0326. The van der Waals surface area contributed by atoms with Crippen molar-refractivity contribution in [2.45, 2.75) is 25.6 Å². The van der Waals surface area contributed by atoms with Gasteiger partial charge in [0.15, 0.2) is 11.4 Å². The molecule has 2 saturated heterocycles. The smallest absolute Gasteiger partial charge is 0.320 e. The summed E-state index contributed by atoms with van der Waals surface area (Å²) in [6.45, 7) is 4.03. The molecule has 9 nitrogen and oxygen atoms in total. The van der Waals surface area contributed by atoms with Gasteiger partial charge in [-0.2, -0.15) is 0 Å². The number of benzene rings is 1. The number of carbonyl (C=O) groups excluding carboxylic acids is 3. The SMILES string of the molecule is CC(=O)C1(O)CN(C(=O)N2CCN(C(=O)NCc3ccc(CN)cc3)CC2)C1. The number of hydrogen-bond donors (Lipinski definition) is 3. The molecular formula is C19H27N5O4. The van der Waals surface area contributed by atoms with Gasteiger partial charge in [-0.3, -0.25) is 4.79 Å². The van der Waals surface area contributed by atoms with Gasteiger partial charge in [-0.25, -0.2) is 9.59 Å². The lowest BCUT2D eigenvalue weighted by Gasteiger charge is -2.47. The Morgan fingerprint density at radius 2 is 1.54 bits per heavy atom.